The molecule has 2 N–H and O–H groups in total. The first-order chi connectivity index (χ1) is 6.84. The molecule has 1 aliphatic carbocycles. The molecule has 0 aromatic heterocycles. The number of nitrogens with two attached hydrogens (primary N) is 1. The van der Waals surface area contributed by atoms with Crippen molar-refractivity contribution in [2.45, 2.75) is 25.7 Å². The summed E-state index contributed by atoms with van der Waals surface area (Å²) in [5.41, 5.74) is 8.28. The summed E-state index contributed by atoms with van der Waals surface area (Å²) in [6.07, 6.45) is 6.87. The summed E-state index contributed by atoms with van der Waals surface area (Å²) >= 11 is 0. The first-order valence-electron chi connectivity index (χ1n) is 5.33. The van der Waals surface area contributed by atoms with Crippen molar-refractivity contribution in [2.24, 2.45) is 11.7 Å². The molecule has 1 heteroatoms. The maximum atomic E-state index is 5.75. The van der Waals surface area contributed by atoms with Crippen molar-refractivity contribution in [2.75, 3.05) is 0 Å². The van der Waals surface area contributed by atoms with Crippen LogP contribution >= 0.6 is 0 Å². The summed E-state index contributed by atoms with van der Waals surface area (Å²) in [7, 11) is 0. The summed E-state index contributed by atoms with van der Waals surface area (Å²) in [5.74, 6) is 0.796. The van der Waals surface area contributed by atoms with Crippen LogP contribution < -0.4 is 5.73 Å². The number of hydrogen-bond donors (Lipinski definition) is 1. The highest BCUT2D eigenvalue weighted by Crippen LogP contribution is 2.24. The van der Waals surface area contributed by atoms with E-state index in [2.05, 4.69) is 36.4 Å². The minimum Gasteiger partial charge on any atom is -0.402 e. The Labute approximate surface area is 85.6 Å². The van der Waals surface area contributed by atoms with E-state index in [9.17, 15) is 0 Å². The molecule has 0 aliphatic heterocycles. The lowest BCUT2D eigenvalue weighted by Crippen LogP contribution is -2.12. The van der Waals surface area contributed by atoms with Gasteiger partial charge < -0.3 is 5.73 Å². The van der Waals surface area contributed by atoms with Gasteiger partial charge in [-0.3, -0.25) is 0 Å². The van der Waals surface area contributed by atoms with E-state index >= 15 is 0 Å². The Balaban J connectivity index is 1.93. The summed E-state index contributed by atoms with van der Waals surface area (Å²) in [5, 5.41) is 0. The van der Waals surface area contributed by atoms with Crippen molar-refractivity contribution in [1.29, 1.82) is 0 Å². The largest absolute Gasteiger partial charge is 0.402 e. The minimum atomic E-state index is 0.796. The van der Waals surface area contributed by atoms with Gasteiger partial charge >= 0.3 is 0 Å². The Hall–Kier alpha value is -1.24. The van der Waals surface area contributed by atoms with Crippen LogP contribution in [-0.2, 0) is 6.42 Å². The van der Waals surface area contributed by atoms with Crippen LogP contribution in [0.1, 0.15) is 24.8 Å². The number of hydrogen-bond acceptors (Lipinski definition) is 1. The van der Waals surface area contributed by atoms with Crippen molar-refractivity contribution in [3.63, 3.8) is 0 Å². The highest BCUT2D eigenvalue weighted by molar-refractivity contribution is 5.16. The monoisotopic (exact) mass is 187 g/mol. The standard InChI is InChI=1S/C13H17N/c14-13-8-6-12(7-9-13)10-11-4-2-1-3-5-11/h1-5,8,12H,6-7,9-10,14H2. The third-order valence-electron chi connectivity index (χ3n) is 2.92. The quantitative estimate of drug-likeness (QED) is 0.757. The average Bonchev–Trinajstić information content (AvgIpc) is 2.23. The van der Waals surface area contributed by atoms with Gasteiger partial charge in [-0.2, -0.15) is 0 Å². The Bertz CT molecular complexity index is 313. The molecule has 1 aliphatic rings. The molecule has 1 aromatic carbocycles. The molecule has 0 radical (unpaired) electrons. The van der Waals surface area contributed by atoms with Crippen molar-refractivity contribution in [3.8, 4) is 0 Å². The molecule has 14 heavy (non-hydrogen) atoms. The van der Waals surface area contributed by atoms with Crippen LogP contribution in [0.5, 0.6) is 0 Å². The molecule has 0 spiro atoms. The molecule has 74 valence electrons. The predicted octanol–water partition coefficient (Wildman–Crippen LogP) is 2.87. The van der Waals surface area contributed by atoms with Gasteiger partial charge in [-0.1, -0.05) is 36.4 Å². The Kier molecular flexibility index (Phi) is 2.87. The lowest BCUT2D eigenvalue weighted by molar-refractivity contribution is 0.466. The first kappa shape index (κ1) is 9.32. The molecule has 0 amide bonds. The van der Waals surface area contributed by atoms with Crippen LogP contribution in [0.3, 0.4) is 0 Å². The van der Waals surface area contributed by atoms with Gasteiger partial charge in [-0.25, -0.2) is 0 Å². The summed E-state index contributed by atoms with van der Waals surface area (Å²) in [4.78, 5) is 0. The molecule has 0 fully saturated rings. The van der Waals surface area contributed by atoms with Gasteiger partial charge in [0.25, 0.3) is 0 Å². The summed E-state index contributed by atoms with van der Waals surface area (Å²) in [6, 6.07) is 10.7. The number of rotatable bonds is 2. The van der Waals surface area contributed by atoms with Gasteiger partial charge in [0.2, 0.25) is 0 Å². The fraction of sp³-hybridized carbons (Fsp3) is 0.385. The third-order valence-corrected chi connectivity index (χ3v) is 2.92. The molecule has 1 unspecified atom stereocenters. The van der Waals surface area contributed by atoms with E-state index in [1.807, 2.05) is 0 Å². The van der Waals surface area contributed by atoms with Gasteiger partial charge in [0.1, 0.15) is 0 Å². The first-order valence-corrected chi connectivity index (χ1v) is 5.33. The molecule has 0 bridgehead atoms. The lowest BCUT2D eigenvalue weighted by atomic mass is 9.87. The molecule has 0 heterocycles. The minimum absolute atomic E-state index is 0.796. The van der Waals surface area contributed by atoms with Crippen LogP contribution in [0.4, 0.5) is 0 Å². The number of allylic oxidation sites excluding steroid dienone is 2. The van der Waals surface area contributed by atoms with Crippen molar-refractivity contribution >= 4 is 0 Å². The third kappa shape index (κ3) is 2.38. The molecule has 1 nitrogen and oxygen atoms in total. The van der Waals surface area contributed by atoms with E-state index in [1.165, 1.54) is 18.4 Å². The van der Waals surface area contributed by atoms with Crippen LogP contribution in [0, 0.1) is 5.92 Å². The molecule has 0 saturated heterocycles. The fourth-order valence-electron chi connectivity index (χ4n) is 2.04. The second-order valence-corrected chi connectivity index (χ2v) is 4.11. The van der Waals surface area contributed by atoms with Crippen LogP contribution in [-0.4, -0.2) is 0 Å². The SMILES string of the molecule is NC1=CCC(Cc2ccccc2)CC1. The van der Waals surface area contributed by atoms with Gasteiger partial charge in [-0.15, -0.1) is 0 Å². The van der Waals surface area contributed by atoms with Crippen molar-refractivity contribution < 1.29 is 0 Å². The predicted molar refractivity (Wildman–Crippen MR) is 59.8 cm³/mol. The van der Waals surface area contributed by atoms with E-state index < -0.39 is 0 Å². The highest BCUT2D eigenvalue weighted by Gasteiger charge is 2.12. The van der Waals surface area contributed by atoms with E-state index in [0.29, 0.717) is 0 Å². The van der Waals surface area contributed by atoms with Crippen LogP contribution in [0.25, 0.3) is 0 Å². The zero-order valence-corrected chi connectivity index (χ0v) is 8.45. The summed E-state index contributed by atoms with van der Waals surface area (Å²) in [6.45, 7) is 0. The summed E-state index contributed by atoms with van der Waals surface area (Å²) < 4.78 is 0. The molecular formula is C13H17N. The normalized spacial score (nSPS) is 21.7. The lowest BCUT2D eigenvalue weighted by Gasteiger charge is -2.19. The zero-order valence-electron chi connectivity index (χ0n) is 8.45. The van der Waals surface area contributed by atoms with Crippen molar-refractivity contribution in [3.05, 3.63) is 47.7 Å². The maximum absolute atomic E-state index is 5.75. The second kappa shape index (κ2) is 4.32. The average molecular weight is 187 g/mol. The number of benzene rings is 1. The Morgan fingerprint density at radius 3 is 2.64 bits per heavy atom. The van der Waals surface area contributed by atoms with E-state index in [1.54, 1.807) is 0 Å². The topological polar surface area (TPSA) is 26.0 Å². The molecule has 0 saturated carbocycles. The molecule has 1 atom stereocenters. The highest BCUT2D eigenvalue weighted by atomic mass is 14.6. The molecule has 2 rings (SSSR count). The van der Waals surface area contributed by atoms with E-state index in [4.69, 9.17) is 5.73 Å². The smallest absolute Gasteiger partial charge is 0.00401 e. The van der Waals surface area contributed by atoms with Gasteiger partial charge in [0.15, 0.2) is 0 Å². The van der Waals surface area contributed by atoms with Gasteiger partial charge in [0, 0.05) is 5.70 Å². The second-order valence-electron chi connectivity index (χ2n) is 4.11. The van der Waals surface area contributed by atoms with Gasteiger partial charge in [-0.05, 0) is 37.2 Å². The van der Waals surface area contributed by atoms with Crippen LogP contribution in [0.15, 0.2) is 42.1 Å². The van der Waals surface area contributed by atoms with E-state index in [-0.39, 0.29) is 0 Å². The fourth-order valence-corrected chi connectivity index (χ4v) is 2.04. The molecular weight excluding hydrogens is 170 g/mol. The maximum Gasteiger partial charge on any atom is 0.00401 e. The van der Waals surface area contributed by atoms with E-state index in [0.717, 1.165) is 24.5 Å². The van der Waals surface area contributed by atoms with Crippen molar-refractivity contribution in [1.82, 2.24) is 0 Å². The Morgan fingerprint density at radius 2 is 2.00 bits per heavy atom. The van der Waals surface area contributed by atoms with Crippen LogP contribution in [0.2, 0.25) is 0 Å². The Morgan fingerprint density at radius 1 is 1.21 bits per heavy atom. The van der Waals surface area contributed by atoms with Gasteiger partial charge in [0.05, 0.1) is 0 Å². The molecule has 1 aromatic rings. The zero-order chi connectivity index (χ0) is 9.80.